The Kier molecular flexibility index (Phi) is 7.06. The van der Waals surface area contributed by atoms with Gasteiger partial charge in [-0.2, -0.15) is 3.33 Å². The highest BCUT2D eigenvalue weighted by atomic mass is 79.9. The van der Waals surface area contributed by atoms with Gasteiger partial charge in [0, 0.05) is 5.56 Å². The number of esters is 1. The van der Waals surface area contributed by atoms with Crippen molar-refractivity contribution in [1.82, 2.24) is 0 Å². The first-order valence-electron chi connectivity index (χ1n) is 8.21. The molecule has 2 aromatic rings. The van der Waals surface area contributed by atoms with Gasteiger partial charge in [-0.1, -0.05) is 46.3 Å². The predicted molar refractivity (Wildman–Crippen MR) is 114 cm³/mol. The van der Waals surface area contributed by atoms with Crippen molar-refractivity contribution in [3.05, 3.63) is 60.2 Å². The molecular formula is C19H19Br2NO5S. The molecule has 0 fully saturated rings. The number of ketones is 1. The van der Waals surface area contributed by atoms with Gasteiger partial charge in [0.15, 0.2) is 10.6 Å². The molecule has 28 heavy (non-hydrogen) atoms. The van der Waals surface area contributed by atoms with E-state index >= 15 is 0 Å². The van der Waals surface area contributed by atoms with E-state index in [9.17, 15) is 18.0 Å². The van der Waals surface area contributed by atoms with Crippen LogP contribution in [0.5, 0.6) is 0 Å². The van der Waals surface area contributed by atoms with Gasteiger partial charge in [0.05, 0.1) is 26.7 Å². The van der Waals surface area contributed by atoms with E-state index < -0.39 is 32.2 Å². The Bertz CT molecular complexity index is 971. The molecule has 0 heterocycles. The highest BCUT2D eigenvalue weighted by molar-refractivity contribution is 9.11. The minimum Gasteiger partial charge on any atom is -0.459 e. The molecule has 0 bridgehead atoms. The number of rotatable bonds is 6. The van der Waals surface area contributed by atoms with Gasteiger partial charge in [-0.15, -0.1) is 0 Å². The van der Waals surface area contributed by atoms with Gasteiger partial charge in [0.2, 0.25) is 0 Å². The molecule has 0 aliphatic rings. The van der Waals surface area contributed by atoms with Crippen molar-refractivity contribution in [2.24, 2.45) is 0 Å². The summed E-state index contributed by atoms with van der Waals surface area (Å²) in [5, 5.41) is 0. The van der Waals surface area contributed by atoms with Crippen LogP contribution in [0.1, 0.15) is 31.1 Å². The van der Waals surface area contributed by atoms with Crippen LogP contribution in [0.15, 0.2) is 59.5 Å². The highest BCUT2D eigenvalue weighted by Crippen LogP contribution is 2.30. The minimum atomic E-state index is -4.11. The summed E-state index contributed by atoms with van der Waals surface area (Å²) in [7, 11) is -4.11. The number of Topliss-reactive ketones (excluding diaryl/α,β-unsaturated/α-hetero) is 1. The normalized spacial score (nSPS) is 12.9. The lowest BCUT2D eigenvalue weighted by Crippen LogP contribution is -2.34. The number of sulfonamides is 1. The lowest BCUT2D eigenvalue weighted by molar-refractivity contribution is -0.152. The third kappa shape index (κ3) is 5.21. The number of nitrogens with zero attached hydrogens (tertiary/aromatic N) is 1. The van der Waals surface area contributed by atoms with Crippen molar-refractivity contribution in [3.8, 4) is 0 Å². The molecule has 2 rings (SSSR count). The van der Waals surface area contributed by atoms with E-state index in [4.69, 9.17) is 4.74 Å². The smallest absolute Gasteiger partial charge is 0.328 e. The fourth-order valence-electron chi connectivity index (χ4n) is 2.26. The minimum absolute atomic E-state index is 0.115. The molecule has 0 N–H and O–H groups in total. The molecule has 0 saturated heterocycles. The molecule has 1 atom stereocenters. The average molecular weight is 533 g/mol. The zero-order valence-electron chi connectivity index (χ0n) is 15.4. The summed E-state index contributed by atoms with van der Waals surface area (Å²) in [6.45, 7) is 5.03. The van der Waals surface area contributed by atoms with Gasteiger partial charge >= 0.3 is 5.97 Å². The Balaban J connectivity index is 2.42. The second-order valence-corrected chi connectivity index (χ2v) is 10.7. The molecule has 0 radical (unpaired) electrons. The first-order valence-corrected chi connectivity index (χ1v) is 11.3. The number of carbonyl (C=O) groups is 2. The van der Waals surface area contributed by atoms with Gasteiger partial charge in [-0.25, -0.2) is 8.42 Å². The zero-order valence-corrected chi connectivity index (χ0v) is 19.4. The quantitative estimate of drug-likeness (QED) is 0.180. The molecule has 6 nitrogen and oxygen atoms in total. The number of para-hydroxylation sites is 1. The van der Waals surface area contributed by atoms with Crippen molar-refractivity contribution in [1.29, 1.82) is 0 Å². The monoisotopic (exact) mass is 531 g/mol. The molecule has 0 aliphatic carbocycles. The summed E-state index contributed by atoms with van der Waals surface area (Å²) >= 11 is 6.10. The van der Waals surface area contributed by atoms with Gasteiger partial charge in [0.1, 0.15) is 5.60 Å². The number of halogens is 2. The summed E-state index contributed by atoms with van der Waals surface area (Å²) in [6, 6.07) is 14.0. The predicted octanol–water partition coefficient (Wildman–Crippen LogP) is 4.48. The maximum absolute atomic E-state index is 13.1. The SMILES string of the molecule is CC(C)(C)OC(=O)C(Br)C(=O)c1ccccc1S(=O)(=O)N(Br)c1ccccc1. The fraction of sp³-hybridized carbons (Fsp3) is 0.263. The van der Waals surface area contributed by atoms with Crippen LogP contribution in [0, 0.1) is 0 Å². The van der Waals surface area contributed by atoms with E-state index in [1.165, 1.54) is 24.3 Å². The van der Waals surface area contributed by atoms with Crippen LogP contribution >= 0.6 is 32.1 Å². The lowest BCUT2D eigenvalue weighted by atomic mass is 10.1. The van der Waals surface area contributed by atoms with Crippen molar-refractivity contribution >= 4 is 59.5 Å². The van der Waals surface area contributed by atoms with Crippen LogP contribution in [0.4, 0.5) is 5.69 Å². The standard InChI is InChI=1S/C19H19Br2NO5S/c1-19(2,3)27-18(24)16(20)17(23)14-11-7-8-12-15(14)28(25,26)22(21)13-9-5-4-6-10-13/h4-12,16H,1-3H3. The Labute approximate surface area is 181 Å². The van der Waals surface area contributed by atoms with Gasteiger partial charge in [-0.3, -0.25) is 9.59 Å². The first kappa shape index (κ1) is 22.6. The van der Waals surface area contributed by atoms with Gasteiger partial charge in [-0.05, 0) is 45.0 Å². The number of benzene rings is 2. The Morgan fingerprint density at radius 3 is 2.11 bits per heavy atom. The molecule has 0 aromatic heterocycles. The third-order valence-corrected chi connectivity index (χ3v) is 7.33. The maximum atomic E-state index is 13.1. The molecule has 150 valence electrons. The average Bonchev–Trinajstić information content (AvgIpc) is 2.65. The van der Waals surface area contributed by atoms with Crippen molar-refractivity contribution in [2.45, 2.75) is 36.1 Å². The Morgan fingerprint density at radius 1 is 1.00 bits per heavy atom. The second kappa shape index (κ2) is 8.75. The number of alkyl halides is 1. The van der Waals surface area contributed by atoms with E-state index in [1.54, 1.807) is 51.1 Å². The largest absolute Gasteiger partial charge is 0.459 e. The molecule has 0 spiro atoms. The lowest BCUT2D eigenvalue weighted by Gasteiger charge is -2.22. The van der Waals surface area contributed by atoms with Crippen LogP contribution < -0.4 is 3.33 Å². The molecule has 0 aliphatic heterocycles. The van der Waals surface area contributed by atoms with E-state index in [1.807, 2.05) is 0 Å². The van der Waals surface area contributed by atoms with E-state index in [2.05, 4.69) is 32.1 Å². The van der Waals surface area contributed by atoms with E-state index in [-0.39, 0.29) is 10.5 Å². The molecule has 1 unspecified atom stereocenters. The van der Waals surface area contributed by atoms with E-state index in [0.29, 0.717) is 5.69 Å². The number of anilines is 1. The maximum Gasteiger partial charge on any atom is 0.328 e. The van der Waals surface area contributed by atoms with Gasteiger partial charge in [0.25, 0.3) is 10.0 Å². The number of hydrogen-bond acceptors (Lipinski definition) is 5. The van der Waals surface area contributed by atoms with Gasteiger partial charge < -0.3 is 4.74 Å². The van der Waals surface area contributed by atoms with Crippen LogP contribution in [0.2, 0.25) is 0 Å². The first-order chi connectivity index (χ1) is 12.9. The molecule has 0 saturated carbocycles. The molecular weight excluding hydrogens is 514 g/mol. The third-order valence-electron chi connectivity index (χ3n) is 3.44. The zero-order chi connectivity index (χ0) is 21.1. The highest BCUT2D eigenvalue weighted by Gasteiger charge is 2.34. The van der Waals surface area contributed by atoms with Crippen molar-refractivity contribution in [2.75, 3.05) is 3.33 Å². The summed E-state index contributed by atoms with van der Waals surface area (Å²) in [4.78, 5) is 23.5. The van der Waals surface area contributed by atoms with Crippen LogP contribution in [-0.4, -0.2) is 30.6 Å². The Hall–Kier alpha value is -1.71. The summed E-state index contributed by atoms with van der Waals surface area (Å²) < 4.78 is 32.3. The van der Waals surface area contributed by atoms with Crippen molar-refractivity contribution < 1.29 is 22.7 Å². The number of hydrogen-bond donors (Lipinski definition) is 0. The van der Waals surface area contributed by atoms with Crippen LogP contribution in [0.3, 0.4) is 0 Å². The molecule has 2 aromatic carbocycles. The molecule has 9 heteroatoms. The topological polar surface area (TPSA) is 80.8 Å². The Morgan fingerprint density at radius 2 is 1.54 bits per heavy atom. The number of ether oxygens (including phenoxy) is 1. The summed E-state index contributed by atoms with van der Waals surface area (Å²) in [5.41, 5.74) is -0.530. The van der Waals surface area contributed by atoms with Crippen molar-refractivity contribution in [3.63, 3.8) is 0 Å². The van der Waals surface area contributed by atoms with Crippen LogP contribution in [-0.2, 0) is 19.6 Å². The number of carbonyl (C=O) groups excluding carboxylic acids is 2. The second-order valence-electron chi connectivity index (χ2n) is 6.81. The summed E-state index contributed by atoms with van der Waals surface area (Å²) in [5.74, 6) is -1.49. The molecule has 0 amide bonds. The van der Waals surface area contributed by atoms with E-state index in [0.717, 1.165) is 3.33 Å². The fourth-order valence-corrected chi connectivity index (χ4v) is 4.58. The summed E-state index contributed by atoms with van der Waals surface area (Å²) in [6.07, 6.45) is 0. The van der Waals surface area contributed by atoms with Crippen LogP contribution in [0.25, 0.3) is 0 Å².